The summed E-state index contributed by atoms with van der Waals surface area (Å²) in [5.41, 5.74) is 5.50. The van der Waals surface area contributed by atoms with Gasteiger partial charge in [-0.1, -0.05) is 48.5 Å². The highest BCUT2D eigenvalue weighted by Gasteiger charge is 2.22. The van der Waals surface area contributed by atoms with Crippen LogP contribution in [0.4, 0.5) is 5.69 Å². The Bertz CT molecular complexity index is 1270. The Balaban J connectivity index is 1.03. The predicted octanol–water partition coefficient (Wildman–Crippen LogP) is 6.72. The maximum atomic E-state index is 3.42. The van der Waals surface area contributed by atoms with E-state index in [4.69, 9.17) is 0 Å². The molecule has 1 aromatic heterocycles. The number of fused-ring (bicyclic) bond motifs is 1. The average Bonchev–Trinajstić information content (AvgIpc) is 3.41. The van der Waals surface area contributed by atoms with Gasteiger partial charge in [-0.05, 0) is 66.9 Å². The fraction of sp³-hybridized carbons (Fsp3) is 0.259. The molecule has 6 rings (SSSR count). The number of anilines is 1. The second-order valence-electron chi connectivity index (χ2n) is 8.56. The first-order chi connectivity index (χ1) is 15.4. The summed E-state index contributed by atoms with van der Waals surface area (Å²) in [6.07, 6.45) is 8.23. The summed E-state index contributed by atoms with van der Waals surface area (Å²) in [5, 5.41) is 4.14. The summed E-state index contributed by atoms with van der Waals surface area (Å²) >= 11 is 1.91. The molecular weight excluding hydrogens is 398 g/mol. The Morgan fingerprint density at radius 1 is 0.903 bits per heavy atom. The number of hydrogen-bond donors (Lipinski definition) is 1. The molecule has 3 heterocycles. The van der Waals surface area contributed by atoms with E-state index in [0.717, 1.165) is 26.1 Å². The van der Waals surface area contributed by atoms with E-state index in [2.05, 4.69) is 87.1 Å². The van der Waals surface area contributed by atoms with E-state index in [-0.39, 0.29) is 0 Å². The summed E-state index contributed by atoms with van der Waals surface area (Å²) in [7, 11) is 0. The molecule has 1 N–H and O–H groups in total. The first-order valence-corrected chi connectivity index (χ1v) is 12.1. The second kappa shape index (κ2) is 8.10. The van der Waals surface area contributed by atoms with Crippen molar-refractivity contribution < 1.29 is 0 Å². The van der Waals surface area contributed by atoms with E-state index in [1.54, 1.807) is 0 Å². The van der Waals surface area contributed by atoms with E-state index in [1.807, 2.05) is 11.9 Å². The smallest absolute Gasteiger partial charge is 0.0563 e. The molecule has 0 bridgehead atoms. The van der Waals surface area contributed by atoms with Crippen molar-refractivity contribution >= 4 is 44.9 Å². The van der Waals surface area contributed by atoms with Crippen LogP contribution in [0.2, 0.25) is 0 Å². The van der Waals surface area contributed by atoms with Crippen LogP contribution in [0.5, 0.6) is 0 Å². The zero-order valence-corrected chi connectivity index (χ0v) is 18.5. The first kappa shape index (κ1) is 19.0. The minimum atomic E-state index is 1.07. The van der Waals surface area contributed by atoms with E-state index in [9.17, 15) is 0 Å². The van der Waals surface area contributed by atoms with Crippen LogP contribution in [0.3, 0.4) is 0 Å². The van der Waals surface area contributed by atoms with Gasteiger partial charge in [-0.25, -0.2) is 0 Å². The maximum Gasteiger partial charge on any atom is 0.0563 e. The quantitative estimate of drug-likeness (QED) is 0.274. The van der Waals surface area contributed by atoms with Crippen molar-refractivity contribution in [1.29, 1.82) is 0 Å². The predicted molar refractivity (Wildman–Crippen MR) is 134 cm³/mol. The molecule has 4 aromatic rings. The first-order valence-electron chi connectivity index (χ1n) is 11.3. The summed E-state index contributed by atoms with van der Waals surface area (Å²) in [5.74, 6) is 0. The number of nitrogens with one attached hydrogen (secondary N) is 1. The minimum absolute atomic E-state index is 1.07. The molecule has 0 fully saturated rings. The van der Waals surface area contributed by atoms with Gasteiger partial charge in [0.25, 0.3) is 0 Å². The van der Waals surface area contributed by atoms with Crippen molar-refractivity contribution in [2.24, 2.45) is 0 Å². The molecule has 0 saturated heterocycles. The number of rotatable bonds is 6. The molecule has 4 heteroatoms. The van der Waals surface area contributed by atoms with Gasteiger partial charge in [0.05, 0.1) is 5.69 Å². The van der Waals surface area contributed by atoms with E-state index in [1.165, 1.54) is 62.8 Å². The number of aromatic amines is 1. The molecule has 0 aliphatic carbocycles. The topological polar surface area (TPSA) is 22.3 Å². The minimum Gasteiger partial charge on any atom is -0.361 e. The van der Waals surface area contributed by atoms with Crippen molar-refractivity contribution in [2.75, 3.05) is 30.5 Å². The molecular formula is C27H27N3S. The maximum absolute atomic E-state index is 3.42. The normalized spacial score (nSPS) is 16.4. The van der Waals surface area contributed by atoms with Gasteiger partial charge in [0.1, 0.15) is 0 Å². The number of hydrogen-bond acceptors (Lipinski definition) is 3. The third-order valence-corrected chi connectivity index (χ3v) is 7.77. The lowest BCUT2D eigenvalue weighted by atomic mass is 9.99. The van der Waals surface area contributed by atoms with Gasteiger partial charge in [-0.3, -0.25) is 4.90 Å². The number of unbranched alkanes of at least 4 members (excludes halogenated alkanes) is 1. The lowest BCUT2D eigenvalue weighted by molar-refractivity contribution is 0.296. The highest BCUT2D eigenvalue weighted by atomic mass is 32.2. The summed E-state index contributed by atoms with van der Waals surface area (Å²) < 4.78 is 2.49. The Hall–Kier alpha value is -2.69. The Morgan fingerprint density at radius 3 is 2.68 bits per heavy atom. The van der Waals surface area contributed by atoms with Crippen LogP contribution < -0.4 is 4.31 Å². The molecule has 0 atom stereocenters. The van der Waals surface area contributed by atoms with Crippen molar-refractivity contribution in [2.45, 2.75) is 24.2 Å². The molecule has 2 aliphatic heterocycles. The molecule has 0 unspecified atom stereocenters. The summed E-state index contributed by atoms with van der Waals surface area (Å²) in [6, 6.07) is 21.9. The standard InChI is InChI=1S/C27H27N3S/c1-2-10-24-22(9-1)23(19-28-24)20-13-17-29(18-14-20)15-3-4-16-30-25-11-5-7-21-8-6-12-26(31-30)27(21)25/h1-2,5-13,19,28H,3-4,14-18H2. The largest absolute Gasteiger partial charge is 0.361 e. The number of H-pyrrole nitrogens is 1. The Morgan fingerprint density at radius 2 is 1.77 bits per heavy atom. The van der Waals surface area contributed by atoms with Crippen LogP contribution in [0.1, 0.15) is 24.8 Å². The van der Waals surface area contributed by atoms with Crippen molar-refractivity contribution in [3.05, 3.63) is 78.5 Å². The van der Waals surface area contributed by atoms with Gasteiger partial charge in [0.2, 0.25) is 0 Å². The second-order valence-corrected chi connectivity index (χ2v) is 9.62. The number of nitrogens with zero attached hydrogens (tertiary/aromatic N) is 2. The highest BCUT2D eigenvalue weighted by molar-refractivity contribution is 8.01. The number of para-hydroxylation sites is 1. The number of benzene rings is 3. The van der Waals surface area contributed by atoms with Crippen LogP contribution in [0, 0.1) is 0 Å². The molecule has 3 aromatic carbocycles. The zero-order valence-electron chi connectivity index (χ0n) is 17.7. The van der Waals surface area contributed by atoms with E-state index in [0.29, 0.717) is 0 Å². The van der Waals surface area contributed by atoms with Gasteiger partial charge in [0.15, 0.2) is 0 Å². The molecule has 2 aliphatic rings. The molecule has 0 saturated carbocycles. The summed E-state index contributed by atoms with van der Waals surface area (Å²) in [6.45, 7) is 4.53. The van der Waals surface area contributed by atoms with Crippen LogP contribution in [-0.2, 0) is 0 Å². The molecule has 3 nitrogen and oxygen atoms in total. The molecule has 156 valence electrons. The monoisotopic (exact) mass is 425 g/mol. The van der Waals surface area contributed by atoms with Gasteiger partial charge < -0.3 is 9.29 Å². The SMILES string of the molecule is C1=C(c2c[nH]c3ccccc23)CCN(CCCCN2Sc3cccc4cccc2c34)C1. The molecule has 31 heavy (non-hydrogen) atoms. The third kappa shape index (κ3) is 3.54. The Labute approximate surface area is 187 Å². The third-order valence-electron chi connectivity index (χ3n) is 6.64. The Kier molecular flexibility index (Phi) is 4.97. The van der Waals surface area contributed by atoms with Crippen LogP contribution in [-0.4, -0.2) is 36.1 Å². The zero-order chi connectivity index (χ0) is 20.6. The highest BCUT2D eigenvalue weighted by Crippen LogP contribution is 2.45. The molecule has 0 amide bonds. The van der Waals surface area contributed by atoms with Gasteiger partial charge in [-0.15, -0.1) is 0 Å². The van der Waals surface area contributed by atoms with Crippen LogP contribution in [0.25, 0.3) is 27.2 Å². The molecule has 0 radical (unpaired) electrons. The van der Waals surface area contributed by atoms with E-state index >= 15 is 0 Å². The van der Waals surface area contributed by atoms with Crippen LogP contribution >= 0.6 is 11.9 Å². The van der Waals surface area contributed by atoms with Gasteiger partial charge in [0, 0.05) is 52.6 Å². The summed E-state index contributed by atoms with van der Waals surface area (Å²) in [4.78, 5) is 7.42. The van der Waals surface area contributed by atoms with Gasteiger partial charge in [-0.2, -0.15) is 0 Å². The number of aromatic nitrogens is 1. The van der Waals surface area contributed by atoms with Crippen LogP contribution in [0.15, 0.2) is 77.8 Å². The van der Waals surface area contributed by atoms with Crippen molar-refractivity contribution in [3.63, 3.8) is 0 Å². The van der Waals surface area contributed by atoms with Gasteiger partial charge >= 0.3 is 0 Å². The average molecular weight is 426 g/mol. The fourth-order valence-electron chi connectivity index (χ4n) is 4.99. The van der Waals surface area contributed by atoms with E-state index < -0.39 is 0 Å². The lowest BCUT2D eigenvalue weighted by Gasteiger charge is -2.26. The van der Waals surface area contributed by atoms with Crippen molar-refractivity contribution in [3.8, 4) is 0 Å². The fourth-order valence-corrected chi connectivity index (χ4v) is 6.15. The van der Waals surface area contributed by atoms with Crippen molar-refractivity contribution in [1.82, 2.24) is 9.88 Å². The molecule has 0 spiro atoms. The lowest BCUT2D eigenvalue weighted by Crippen LogP contribution is -2.30.